The first kappa shape index (κ1) is 45.4. The highest BCUT2D eigenvalue weighted by Crippen LogP contribution is 2.41. The molecule has 12 nitrogen and oxygen atoms in total. The van der Waals surface area contributed by atoms with E-state index in [4.69, 9.17) is 0 Å². The maximum absolute atomic E-state index is 13.2. The molecule has 4 rings (SSSR count). The van der Waals surface area contributed by atoms with Gasteiger partial charge in [-0.25, -0.2) is 0 Å². The summed E-state index contributed by atoms with van der Waals surface area (Å²) in [5.41, 5.74) is -6.23. The highest BCUT2D eigenvalue weighted by Gasteiger charge is 2.43. The largest absolute Gasteiger partial charge is 0.435 e. The molecule has 0 aliphatic rings. The van der Waals surface area contributed by atoms with E-state index in [1.165, 1.54) is 13.8 Å². The van der Waals surface area contributed by atoms with Crippen LogP contribution in [0.2, 0.25) is 0 Å². The molecule has 0 fully saturated rings. The summed E-state index contributed by atoms with van der Waals surface area (Å²) in [5, 5.41) is 27.1. The number of ether oxygens (including phenoxy) is 2. The lowest BCUT2D eigenvalue weighted by atomic mass is 10.0. The molecule has 2 heterocycles. The predicted molar refractivity (Wildman–Crippen MR) is 158 cm³/mol. The lowest BCUT2D eigenvalue weighted by molar-refractivity contribution is -0.385. The van der Waals surface area contributed by atoms with E-state index in [0.717, 1.165) is 36.4 Å². The molecule has 55 heavy (non-hydrogen) atoms. The Morgan fingerprint density at radius 3 is 1.45 bits per heavy atom. The number of nitrogens with zero attached hydrogens (tertiary/aromatic N) is 6. The van der Waals surface area contributed by atoms with Crippen molar-refractivity contribution in [2.45, 2.75) is 72.8 Å². The van der Waals surface area contributed by atoms with E-state index in [1.54, 1.807) is 0 Å². The van der Waals surface area contributed by atoms with Gasteiger partial charge in [0.1, 0.15) is 0 Å². The van der Waals surface area contributed by atoms with Crippen molar-refractivity contribution in [1.82, 2.24) is 19.6 Å². The average molecular weight is 819 g/mol. The topological polar surface area (TPSA) is 140 Å². The number of hydrogen-bond acceptors (Lipinski definition) is 8. The van der Waals surface area contributed by atoms with Gasteiger partial charge in [0, 0.05) is 36.1 Å². The minimum absolute atomic E-state index is 0. The van der Waals surface area contributed by atoms with Crippen molar-refractivity contribution in [3.8, 4) is 11.8 Å². The molecular formula is C29H24F14N6O6. The Hall–Kier alpha value is -5.72. The number of rotatable bonds is 12. The average Bonchev–Trinajstić information content (AvgIpc) is 3.55. The third-order valence-corrected chi connectivity index (χ3v) is 6.92. The van der Waals surface area contributed by atoms with Gasteiger partial charge in [0.05, 0.1) is 21.0 Å². The van der Waals surface area contributed by atoms with E-state index in [0.29, 0.717) is 0 Å². The molecular weight excluding hydrogens is 794 g/mol. The van der Waals surface area contributed by atoms with Gasteiger partial charge >= 0.3 is 38.7 Å². The van der Waals surface area contributed by atoms with Gasteiger partial charge in [0.15, 0.2) is 11.4 Å². The van der Waals surface area contributed by atoms with Crippen molar-refractivity contribution in [3.05, 3.63) is 101 Å². The van der Waals surface area contributed by atoms with Gasteiger partial charge in [-0.15, -0.1) is 5.10 Å². The van der Waals surface area contributed by atoms with Crippen molar-refractivity contribution in [2.75, 3.05) is 0 Å². The number of nitro groups is 2. The molecule has 0 spiro atoms. The third kappa shape index (κ3) is 11.2. The number of benzene rings is 2. The Bertz CT molecular complexity index is 1920. The van der Waals surface area contributed by atoms with E-state index >= 15 is 0 Å². The van der Waals surface area contributed by atoms with Gasteiger partial charge < -0.3 is 9.47 Å². The molecule has 0 atom stereocenters. The second kappa shape index (κ2) is 17.6. The van der Waals surface area contributed by atoms with Crippen LogP contribution in [0.4, 0.5) is 72.8 Å². The third-order valence-electron chi connectivity index (χ3n) is 6.92. The summed E-state index contributed by atoms with van der Waals surface area (Å²) in [5.74, 6) is -2.73. The standard InChI is InChI=1S/2C14H10F7N3O3.CH4/c1-6-4-7(2-3-9(6)24(25)26)5-8-10(14(19,20)21)23(12(15)16)22-11(8)27-13(17)18;1-6-4-7(2-3-9(6)24(25)26)5-8-10(14(19,20)21)22-23(12(15)16)11(8)27-13(17)18;/h2*2-4,12-13H,5H2,1H3;1H4. The first-order valence-corrected chi connectivity index (χ1v) is 14.1. The van der Waals surface area contributed by atoms with Gasteiger partial charge in [-0.3, -0.25) is 20.2 Å². The van der Waals surface area contributed by atoms with Crippen LogP contribution in [0.1, 0.15) is 65.3 Å². The quantitative estimate of drug-likeness (QED) is 0.0782. The number of halogens is 14. The van der Waals surface area contributed by atoms with Crippen molar-refractivity contribution in [2.24, 2.45) is 0 Å². The van der Waals surface area contributed by atoms with Gasteiger partial charge in [-0.05, 0) is 37.1 Å². The summed E-state index contributed by atoms with van der Waals surface area (Å²) in [6, 6.07) is 6.45. The smallest absolute Gasteiger partial charge is 0.417 e. The van der Waals surface area contributed by atoms with Crippen molar-refractivity contribution >= 4 is 11.4 Å². The zero-order valence-electron chi connectivity index (χ0n) is 26.6. The Kier molecular flexibility index (Phi) is 14.6. The number of aryl methyl sites for hydroxylation is 2. The minimum atomic E-state index is -5.34. The Morgan fingerprint density at radius 2 is 1.11 bits per heavy atom. The normalized spacial score (nSPS) is 11.9. The van der Waals surface area contributed by atoms with Crippen LogP contribution in [0, 0.1) is 34.1 Å². The lowest BCUT2D eigenvalue weighted by Crippen LogP contribution is -2.17. The zero-order chi connectivity index (χ0) is 41.0. The maximum atomic E-state index is 13.2. The van der Waals surface area contributed by atoms with Gasteiger partial charge in [0.2, 0.25) is 11.8 Å². The summed E-state index contributed by atoms with van der Waals surface area (Å²) < 4.78 is 187. The SMILES string of the molecule is C.Cc1cc(Cc2c(C(F)(F)F)nn(C(F)F)c2OC(F)F)ccc1[N+](=O)[O-].Cc1cc(Cc2c(OC(F)F)nn(C(F)F)c2C(F)(F)F)ccc1[N+](=O)[O-]. The number of hydrogen-bond donors (Lipinski definition) is 0. The van der Waals surface area contributed by atoms with Gasteiger partial charge in [-0.1, -0.05) is 19.6 Å². The van der Waals surface area contributed by atoms with Crippen LogP contribution in [-0.4, -0.2) is 42.6 Å². The Balaban J connectivity index is 0.000000373. The zero-order valence-corrected chi connectivity index (χ0v) is 26.6. The molecule has 2 aromatic heterocycles. The fraction of sp³-hybridized carbons (Fsp3) is 0.379. The maximum Gasteiger partial charge on any atom is 0.435 e. The molecule has 2 aromatic carbocycles. The molecule has 304 valence electrons. The van der Waals surface area contributed by atoms with E-state index in [2.05, 4.69) is 19.7 Å². The lowest BCUT2D eigenvalue weighted by Gasteiger charge is -2.12. The van der Waals surface area contributed by atoms with E-state index in [1.807, 2.05) is 0 Å². The van der Waals surface area contributed by atoms with Crippen molar-refractivity contribution in [1.29, 1.82) is 0 Å². The number of aromatic nitrogens is 4. The molecule has 0 unspecified atom stereocenters. The monoisotopic (exact) mass is 818 g/mol. The summed E-state index contributed by atoms with van der Waals surface area (Å²) in [7, 11) is 0. The second-order valence-electron chi connectivity index (χ2n) is 10.6. The highest BCUT2D eigenvalue weighted by atomic mass is 19.4. The molecule has 0 radical (unpaired) electrons. The van der Waals surface area contributed by atoms with Crippen molar-refractivity contribution in [3.63, 3.8) is 0 Å². The Morgan fingerprint density at radius 1 is 0.673 bits per heavy atom. The van der Waals surface area contributed by atoms with Crippen molar-refractivity contribution < 1.29 is 80.8 Å². The van der Waals surface area contributed by atoms with Crippen LogP contribution in [0.25, 0.3) is 0 Å². The molecule has 4 aromatic rings. The highest BCUT2D eigenvalue weighted by molar-refractivity contribution is 5.46. The van der Waals surface area contributed by atoms with E-state index in [9.17, 15) is 81.7 Å². The van der Waals surface area contributed by atoms with E-state index < -0.39 is 105 Å². The number of alkyl halides is 14. The van der Waals surface area contributed by atoms with Crippen LogP contribution < -0.4 is 9.47 Å². The molecule has 0 N–H and O–H groups in total. The number of nitro benzene ring substituents is 2. The fourth-order valence-corrected chi connectivity index (χ4v) is 4.88. The first-order valence-electron chi connectivity index (χ1n) is 14.1. The van der Waals surface area contributed by atoms with Gasteiger partial charge in [0.25, 0.3) is 11.4 Å². The van der Waals surface area contributed by atoms with Crippen LogP contribution >= 0.6 is 0 Å². The molecule has 0 saturated heterocycles. The van der Waals surface area contributed by atoms with E-state index in [-0.39, 0.29) is 41.1 Å². The molecule has 0 aliphatic carbocycles. The summed E-state index contributed by atoms with van der Waals surface area (Å²) in [4.78, 5) is 20.1. The fourth-order valence-electron chi connectivity index (χ4n) is 4.88. The van der Waals surface area contributed by atoms with Crippen LogP contribution in [0.3, 0.4) is 0 Å². The molecule has 26 heteroatoms. The summed E-state index contributed by atoms with van der Waals surface area (Å²) >= 11 is 0. The molecule has 0 aliphatic heterocycles. The predicted octanol–water partition coefficient (Wildman–Crippen LogP) is 10.0. The molecule has 0 bridgehead atoms. The second-order valence-corrected chi connectivity index (χ2v) is 10.6. The first-order chi connectivity index (χ1) is 24.8. The summed E-state index contributed by atoms with van der Waals surface area (Å²) in [6.45, 7) is -12.1. The van der Waals surface area contributed by atoms with Crippen LogP contribution in [-0.2, 0) is 25.2 Å². The Labute approximate surface area is 298 Å². The molecule has 0 saturated carbocycles. The minimum Gasteiger partial charge on any atom is -0.417 e. The van der Waals surface area contributed by atoms with Crippen LogP contribution in [0.15, 0.2) is 36.4 Å². The van der Waals surface area contributed by atoms with Crippen LogP contribution in [0.5, 0.6) is 11.8 Å². The summed E-state index contributed by atoms with van der Waals surface area (Å²) in [6.07, 6.45) is -12.1. The van der Waals surface area contributed by atoms with Gasteiger partial charge in [-0.2, -0.15) is 75.9 Å². The molecule has 0 amide bonds.